The van der Waals surface area contributed by atoms with E-state index in [4.69, 9.17) is 23.2 Å². The van der Waals surface area contributed by atoms with Gasteiger partial charge in [0.15, 0.2) is 0 Å². The number of nitrogens with one attached hydrogen (secondary N) is 1. The van der Waals surface area contributed by atoms with E-state index >= 15 is 0 Å². The van der Waals surface area contributed by atoms with Gasteiger partial charge in [-0.15, -0.1) is 0 Å². The maximum Gasteiger partial charge on any atom is 0.139 e. The molecule has 0 saturated heterocycles. The summed E-state index contributed by atoms with van der Waals surface area (Å²) in [6.45, 7) is 6.93. The van der Waals surface area contributed by atoms with E-state index in [2.05, 4.69) is 36.1 Å². The lowest BCUT2D eigenvalue weighted by molar-refractivity contribution is 0.173. The molecule has 0 bridgehead atoms. The lowest BCUT2D eigenvalue weighted by atomic mass is 9.71. The summed E-state index contributed by atoms with van der Waals surface area (Å²) in [6.07, 6.45) is 6.12. The van der Waals surface area contributed by atoms with Gasteiger partial charge in [-0.2, -0.15) is 0 Å². The molecular weight excluding hydrogens is 444 g/mol. The maximum absolute atomic E-state index is 14.9. The van der Waals surface area contributed by atoms with Gasteiger partial charge in [0.25, 0.3) is 0 Å². The second kappa shape index (κ2) is 9.36. The summed E-state index contributed by atoms with van der Waals surface area (Å²) in [5.74, 6) is 0.275. The molecule has 0 atom stereocenters. The van der Waals surface area contributed by atoms with Crippen LogP contribution in [0.5, 0.6) is 0 Å². The van der Waals surface area contributed by atoms with Crippen molar-refractivity contribution in [3.8, 4) is 22.5 Å². The first-order valence-electron chi connectivity index (χ1n) is 11.1. The van der Waals surface area contributed by atoms with Gasteiger partial charge >= 0.3 is 0 Å². The molecule has 1 aliphatic rings. The molecule has 3 nitrogen and oxygen atoms in total. The van der Waals surface area contributed by atoms with E-state index in [1.807, 2.05) is 24.3 Å². The smallest absolute Gasteiger partial charge is 0.139 e. The Morgan fingerprint density at radius 2 is 1.69 bits per heavy atom. The zero-order valence-corrected chi connectivity index (χ0v) is 20.1. The van der Waals surface area contributed by atoms with Crippen LogP contribution in [0.4, 0.5) is 10.1 Å². The van der Waals surface area contributed by atoms with Gasteiger partial charge in [-0.05, 0) is 67.3 Å². The Labute approximate surface area is 199 Å². The highest BCUT2D eigenvalue weighted by Gasteiger charge is 2.30. The highest BCUT2D eigenvalue weighted by molar-refractivity contribution is 6.36. The van der Waals surface area contributed by atoms with E-state index in [1.54, 1.807) is 18.3 Å². The number of aromatic nitrogens is 2. The van der Waals surface area contributed by atoms with Gasteiger partial charge in [-0.1, -0.05) is 56.1 Å². The fourth-order valence-electron chi connectivity index (χ4n) is 4.57. The fourth-order valence-corrected chi connectivity index (χ4v) is 5.12. The van der Waals surface area contributed by atoms with Crippen molar-refractivity contribution in [2.75, 3.05) is 5.32 Å². The van der Waals surface area contributed by atoms with Crippen molar-refractivity contribution < 1.29 is 4.39 Å². The molecule has 0 radical (unpaired) electrons. The average Bonchev–Trinajstić information content (AvgIpc) is 2.75. The maximum atomic E-state index is 14.9. The molecule has 32 heavy (non-hydrogen) atoms. The van der Waals surface area contributed by atoms with E-state index in [1.165, 1.54) is 6.07 Å². The second-order valence-corrected chi connectivity index (χ2v) is 10.4. The lowest BCUT2D eigenvalue weighted by Gasteiger charge is -2.37. The first-order valence-corrected chi connectivity index (χ1v) is 11.8. The molecule has 2 aromatic heterocycles. The number of hydrogen-bond donors (Lipinski definition) is 1. The zero-order valence-electron chi connectivity index (χ0n) is 18.6. The summed E-state index contributed by atoms with van der Waals surface area (Å²) < 4.78 is 14.9. The monoisotopic (exact) mass is 471 g/mol. The Morgan fingerprint density at radius 3 is 2.31 bits per heavy atom. The SMILES string of the molecule is CC(C)(C)C1CCC(Nc2cc(-c3ccccn3)nc(Cl)c2-c2c(F)cccc2Cl)CC1. The predicted octanol–water partition coefficient (Wildman–Crippen LogP) is 8.27. The van der Waals surface area contributed by atoms with Crippen LogP contribution in [-0.4, -0.2) is 16.0 Å². The van der Waals surface area contributed by atoms with E-state index in [-0.39, 0.29) is 16.8 Å². The number of benzene rings is 1. The number of hydrogen-bond acceptors (Lipinski definition) is 3. The van der Waals surface area contributed by atoms with Gasteiger partial charge < -0.3 is 5.32 Å². The number of pyridine rings is 2. The van der Waals surface area contributed by atoms with Gasteiger partial charge in [0.1, 0.15) is 11.0 Å². The molecule has 1 aliphatic carbocycles. The van der Waals surface area contributed by atoms with Crippen molar-refractivity contribution in [3.05, 3.63) is 64.7 Å². The van der Waals surface area contributed by atoms with Gasteiger partial charge in [-0.3, -0.25) is 4.98 Å². The Bertz CT molecular complexity index is 1070. The van der Waals surface area contributed by atoms with E-state index in [0.717, 1.165) is 31.4 Å². The molecule has 1 fully saturated rings. The van der Waals surface area contributed by atoms with E-state index in [9.17, 15) is 4.39 Å². The highest BCUT2D eigenvalue weighted by atomic mass is 35.5. The number of halogens is 3. The first-order chi connectivity index (χ1) is 15.2. The molecule has 1 N–H and O–H groups in total. The third-order valence-corrected chi connectivity index (χ3v) is 7.02. The van der Waals surface area contributed by atoms with Crippen LogP contribution in [0.15, 0.2) is 48.7 Å². The largest absolute Gasteiger partial charge is 0.382 e. The zero-order chi connectivity index (χ0) is 22.9. The average molecular weight is 472 g/mol. The summed E-state index contributed by atoms with van der Waals surface area (Å²) in [4.78, 5) is 8.94. The molecule has 0 spiro atoms. The molecule has 1 saturated carbocycles. The minimum atomic E-state index is -0.425. The Hall–Kier alpha value is -2.17. The normalized spacial score (nSPS) is 19.1. The van der Waals surface area contributed by atoms with Crippen LogP contribution in [0.1, 0.15) is 46.5 Å². The van der Waals surface area contributed by atoms with Gasteiger partial charge in [0.2, 0.25) is 0 Å². The van der Waals surface area contributed by atoms with Gasteiger partial charge in [0.05, 0.1) is 16.4 Å². The molecule has 1 aromatic carbocycles. The van der Waals surface area contributed by atoms with Crippen LogP contribution in [0.2, 0.25) is 10.2 Å². The quantitative estimate of drug-likeness (QED) is 0.388. The van der Waals surface area contributed by atoms with Gasteiger partial charge in [0, 0.05) is 29.1 Å². The first kappa shape index (κ1) is 23.0. The molecular formula is C26H28Cl2FN3. The van der Waals surface area contributed by atoms with Crippen molar-refractivity contribution in [1.29, 1.82) is 0 Å². The standard InChI is InChI=1S/C26H28Cl2FN3/c1-26(2,3)16-10-12-17(13-11-16)31-22-15-21(20-9-4-5-14-30-20)32-25(28)24(22)23-18(27)7-6-8-19(23)29/h4-9,14-17H,10-13H2,1-3H3,(H,31,32). The second-order valence-electron chi connectivity index (χ2n) is 9.59. The van der Waals surface area contributed by atoms with Crippen LogP contribution >= 0.6 is 23.2 Å². The van der Waals surface area contributed by atoms with Crippen LogP contribution in [-0.2, 0) is 0 Å². The Morgan fingerprint density at radius 1 is 0.938 bits per heavy atom. The third kappa shape index (κ3) is 4.92. The summed E-state index contributed by atoms with van der Waals surface area (Å²) in [5, 5.41) is 4.15. The number of nitrogens with zero attached hydrogens (tertiary/aromatic N) is 2. The lowest BCUT2D eigenvalue weighted by Crippen LogP contribution is -2.31. The minimum Gasteiger partial charge on any atom is -0.382 e. The van der Waals surface area contributed by atoms with Crippen molar-refractivity contribution in [1.82, 2.24) is 9.97 Å². The molecule has 2 heterocycles. The Balaban J connectivity index is 1.74. The highest BCUT2D eigenvalue weighted by Crippen LogP contribution is 2.43. The number of rotatable bonds is 4. The minimum absolute atomic E-state index is 0.200. The van der Waals surface area contributed by atoms with Crippen LogP contribution in [0, 0.1) is 17.2 Å². The van der Waals surface area contributed by atoms with Crippen molar-refractivity contribution in [2.45, 2.75) is 52.5 Å². The summed E-state index contributed by atoms with van der Waals surface area (Å²) in [7, 11) is 0. The van der Waals surface area contributed by atoms with Gasteiger partial charge in [-0.25, -0.2) is 9.37 Å². The van der Waals surface area contributed by atoms with Crippen molar-refractivity contribution in [3.63, 3.8) is 0 Å². The molecule has 0 unspecified atom stereocenters. The topological polar surface area (TPSA) is 37.8 Å². The molecule has 168 valence electrons. The number of anilines is 1. The summed E-state index contributed by atoms with van der Waals surface area (Å²) in [6, 6.07) is 12.5. The fraction of sp³-hybridized carbons (Fsp3) is 0.385. The summed E-state index contributed by atoms with van der Waals surface area (Å²) in [5.41, 5.74) is 3.15. The molecule has 0 aliphatic heterocycles. The predicted molar refractivity (Wildman–Crippen MR) is 132 cm³/mol. The van der Waals surface area contributed by atoms with Crippen molar-refractivity contribution >= 4 is 28.9 Å². The Kier molecular flexibility index (Phi) is 6.73. The van der Waals surface area contributed by atoms with E-state index in [0.29, 0.717) is 33.3 Å². The molecule has 6 heteroatoms. The van der Waals surface area contributed by atoms with E-state index < -0.39 is 5.82 Å². The molecule has 4 rings (SSSR count). The molecule has 3 aromatic rings. The summed E-state index contributed by atoms with van der Waals surface area (Å²) >= 11 is 13.1. The van der Waals surface area contributed by atoms with Crippen LogP contribution in [0.3, 0.4) is 0 Å². The third-order valence-electron chi connectivity index (χ3n) is 6.43. The molecule has 0 amide bonds. The van der Waals surface area contributed by atoms with Crippen molar-refractivity contribution in [2.24, 2.45) is 11.3 Å². The van der Waals surface area contributed by atoms with Crippen LogP contribution in [0.25, 0.3) is 22.5 Å². The van der Waals surface area contributed by atoms with Crippen LogP contribution < -0.4 is 5.32 Å².